The van der Waals surface area contributed by atoms with E-state index in [-0.39, 0.29) is 17.8 Å². The van der Waals surface area contributed by atoms with Gasteiger partial charge < -0.3 is 11.1 Å². The maximum absolute atomic E-state index is 13.3. The molecule has 152 valence electrons. The van der Waals surface area contributed by atoms with Gasteiger partial charge in [-0.25, -0.2) is 0 Å². The van der Waals surface area contributed by atoms with E-state index in [1.165, 1.54) is 4.90 Å². The first-order valence-corrected chi connectivity index (χ1v) is 10.0. The molecule has 3 aromatic rings. The van der Waals surface area contributed by atoms with Crippen LogP contribution in [0.1, 0.15) is 18.1 Å². The lowest BCUT2D eigenvalue weighted by molar-refractivity contribution is -0.135. The molecule has 5 nitrogen and oxygen atoms in total. The van der Waals surface area contributed by atoms with Gasteiger partial charge in [0.1, 0.15) is 0 Å². The van der Waals surface area contributed by atoms with Crippen LogP contribution in [0.15, 0.2) is 78.9 Å². The first kappa shape index (κ1) is 19.7. The number of anilines is 1. The summed E-state index contributed by atoms with van der Waals surface area (Å²) in [6.07, 6.45) is 0.587. The van der Waals surface area contributed by atoms with Crippen LogP contribution in [0, 0.1) is 11.3 Å². The molecule has 1 aliphatic rings. The average Bonchev–Trinajstić information content (AvgIpc) is 2.76. The summed E-state index contributed by atoms with van der Waals surface area (Å²) in [5.74, 6) is -0.296. The monoisotopic (exact) mass is 398 g/mol. The Kier molecular flexibility index (Phi) is 5.04. The molecule has 1 aliphatic heterocycles. The zero-order valence-electron chi connectivity index (χ0n) is 17.2. The quantitative estimate of drug-likeness (QED) is 0.581. The summed E-state index contributed by atoms with van der Waals surface area (Å²) in [5.41, 5.74) is 10.1. The van der Waals surface area contributed by atoms with Crippen molar-refractivity contribution in [3.8, 4) is 11.1 Å². The van der Waals surface area contributed by atoms with E-state index in [0.717, 1.165) is 22.3 Å². The van der Waals surface area contributed by atoms with Crippen LogP contribution < -0.4 is 11.1 Å². The fourth-order valence-corrected chi connectivity index (χ4v) is 4.16. The van der Waals surface area contributed by atoms with E-state index in [1.54, 1.807) is 7.05 Å². The van der Waals surface area contributed by atoms with Gasteiger partial charge >= 0.3 is 0 Å². The van der Waals surface area contributed by atoms with E-state index in [4.69, 9.17) is 11.1 Å². The predicted molar refractivity (Wildman–Crippen MR) is 121 cm³/mol. The Bertz CT molecular complexity index is 1100. The number of nitrogens with two attached hydrogens (primary N) is 1. The highest BCUT2D eigenvalue weighted by molar-refractivity contribution is 6.00. The maximum atomic E-state index is 13.3. The van der Waals surface area contributed by atoms with Gasteiger partial charge in [0.05, 0.1) is 11.5 Å². The van der Waals surface area contributed by atoms with Crippen LogP contribution in [0.5, 0.6) is 0 Å². The average molecular weight is 399 g/mol. The van der Waals surface area contributed by atoms with Crippen LogP contribution >= 0.6 is 0 Å². The third-order valence-corrected chi connectivity index (χ3v) is 6.00. The van der Waals surface area contributed by atoms with Gasteiger partial charge in [0.25, 0.3) is 0 Å². The smallest absolute Gasteiger partial charge is 0.235 e. The van der Waals surface area contributed by atoms with E-state index < -0.39 is 5.54 Å². The van der Waals surface area contributed by atoms with Gasteiger partial charge in [-0.05, 0) is 53.8 Å². The van der Waals surface area contributed by atoms with Crippen molar-refractivity contribution in [3.63, 3.8) is 0 Å². The second-order valence-corrected chi connectivity index (χ2v) is 8.02. The summed E-state index contributed by atoms with van der Waals surface area (Å²) in [6, 6.07) is 25.9. The molecule has 0 radical (unpaired) electrons. The minimum Gasteiger partial charge on any atom is -0.399 e. The molecular weight excluding hydrogens is 372 g/mol. The molecule has 1 fully saturated rings. The number of benzene rings is 3. The van der Waals surface area contributed by atoms with E-state index >= 15 is 0 Å². The van der Waals surface area contributed by atoms with Gasteiger partial charge in [-0.2, -0.15) is 0 Å². The number of nitrogen functional groups attached to an aromatic ring is 1. The number of rotatable bonds is 4. The number of guanidine groups is 1. The molecule has 0 saturated carbocycles. The zero-order chi connectivity index (χ0) is 21.3. The SMILES string of the molecule is CN1C(=N)N[C@](C)(c2cccc(-c3cccc(N)c3)c2)[C@H](Cc2ccccc2)C1=O. The van der Waals surface area contributed by atoms with Crippen LogP contribution in [0.4, 0.5) is 5.69 Å². The lowest BCUT2D eigenvalue weighted by atomic mass is 9.74. The summed E-state index contributed by atoms with van der Waals surface area (Å²) >= 11 is 0. The second kappa shape index (κ2) is 7.67. The normalized spacial score (nSPS) is 21.4. The minimum absolute atomic E-state index is 0.0561. The highest BCUT2D eigenvalue weighted by Gasteiger charge is 2.47. The molecule has 0 spiro atoms. The standard InChI is InChI=1S/C25H26N4O/c1-25(20-12-6-10-18(15-20)19-11-7-13-21(26)16-19)22(14-17-8-4-3-5-9-17)23(30)29(2)24(27)28-25/h3-13,15-16,22H,14,26H2,1-2H3,(H2,27,28)/t22-,25-/m1/s1. The Morgan fingerprint density at radius 1 is 1.00 bits per heavy atom. The Morgan fingerprint density at radius 2 is 1.67 bits per heavy atom. The number of hydrogen-bond donors (Lipinski definition) is 3. The highest BCUT2D eigenvalue weighted by Crippen LogP contribution is 2.37. The van der Waals surface area contributed by atoms with E-state index in [1.807, 2.05) is 79.7 Å². The predicted octanol–water partition coefficient (Wildman–Crippen LogP) is 4.01. The second-order valence-electron chi connectivity index (χ2n) is 8.02. The molecule has 30 heavy (non-hydrogen) atoms. The van der Waals surface area contributed by atoms with Gasteiger partial charge in [-0.15, -0.1) is 0 Å². The van der Waals surface area contributed by atoms with Crippen molar-refractivity contribution < 1.29 is 4.79 Å². The molecule has 2 atom stereocenters. The van der Waals surface area contributed by atoms with Gasteiger partial charge in [0.15, 0.2) is 5.96 Å². The molecule has 0 aliphatic carbocycles. The number of amides is 1. The third kappa shape index (κ3) is 3.54. The number of nitrogens with zero attached hydrogens (tertiary/aromatic N) is 1. The molecule has 1 heterocycles. The van der Waals surface area contributed by atoms with Gasteiger partial charge in [0, 0.05) is 12.7 Å². The van der Waals surface area contributed by atoms with E-state index in [2.05, 4.69) is 11.4 Å². The maximum Gasteiger partial charge on any atom is 0.235 e. The van der Waals surface area contributed by atoms with Crippen molar-refractivity contribution in [2.45, 2.75) is 18.9 Å². The van der Waals surface area contributed by atoms with Crippen LogP contribution in [0.2, 0.25) is 0 Å². The Morgan fingerprint density at radius 3 is 2.37 bits per heavy atom. The first-order valence-electron chi connectivity index (χ1n) is 10.0. The van der Waals surface area contributed by atoms with Crippen LogP contribution in [-0.2, 0) is 16.8 Å². The fraction of sp³-hybridized carbons (Fsp3) is 0.200. The number of hydrogen-bond acceptors (Lipinski definition) is 3. The Hall–Kier alpha value is -3.60. The van der Waals surface area contributed by atoms with Crippen molar-refractivity contribution in [1.82, 2.24) is 10.2 Å². The molecule has 1 amide bonds. The summed E-state index contributed by atoms with van der Waals surface area (Å²) in [6.45, 7) is 2.01. The van der Waals surface area contributed by atoms with Crippen LogP contribution in [0.3, 0.4) is 0 Å². The summed E-state index contributed by atoms with van der Waals surface area (Å²) < 4.78 is 0. The number of nitrogens with one attached hydrogen (secondary N) is 2. The summed E-state index contributed by atoms with van der Waals surface area (Å²) in [5, 5.41) is 11.6. The van der Waals surface area contributed by atoms with Crippen molar-refractivity contribution >= 4 is 17.6 Å². The number of carbonyl (C=O) groups is 1. The Balaban J connectivity index is 1.78. The fourth-order valence-electron chi connectivity index (χ4n) is 4.16. The third-order valence-electron chi connectivity index (χ3n) is 6.00. The molecular formula is C25H26N4O. The molecule has 4 rings (SSSR count). The van der Waals surface area contributed by atoms with Gasteiger partial charge in [0.2, 0.25) is 5.91 Å². The van der Waals surface area contributed by atoms with Crippen LogP contribution in [-0.4, -0.2) is 23.8 Å². The van der Waals surface area contributed by atoms with Crippen LogP contribution in [0.25, 0.3) is 11.1 Å². The van der Waals surface area contributed by atoms with Gasteiger partial charge in [-0.3, -0.25) is 15.1 Å². The molecule has 3 aromatic carbocycles. The molecule has 4 N–H and O–H groups in total. The molecule has 0 bridgehead atoms. The van der Waals surface area contributed by atoms with Crippen molar-refractivity contribution in [1.29, 1.82) is 5.41 Å². The van der Waals surface area contributed by atoms with E-state index in [9.17, 15) is 4.79 Å². The summed E-state index contributed by atoms with van der Waals surface area (Å²) in [4.78, 5) is 14.7. The molecule has 5 heteroatoms. The zero-order valence-corrected chi connectivity index (χ0v) is 17.2. The summed E-state index contributed by atoms with van der Waals surface area (Å²) in [7, 11) is 1.65. The Labute approximate surface area is 177 Å². The number of carbonyl (C=O) groups excluding carboxylic acids is 1. The van der Waals surface area contributed by atoms with Crippen molar-refractivity contribution in [3.05, 3.63) is 90.0 Å². The highest BCUT2D eigenvalue weighted by atomic mass is 16.2. The first-order chi connectivity index (χ1) is 14.4. The topological polar surface area (TPSA) is 82.2 Å². The minimum atomic E-state index is -0.715. The lowest BCUT2D eigenvalue weighted by Gasteiger charge is -2.46. The van der Waals surface area contributed by atoms with E-state index in [0.29, 0.717) is 12.1 Å². The molecule has 0 aromatic heterocycles. The molecule has 0 unspecified atom stereocenters. The van der Waals surface area contributed by atoms with Crippen molar-refractivity contribution in [2.24, 2.45) is 5.92 Å². The van der Waals surface area contributed by atoms with Crippen molar-refractivity contribution in [2.75, 3.05) is 12.8 Å². The van der Waals surface area contributed by atoms with Gasteiger partial charge in [-0.1, -0.05) is 60.7 Å². The lowest BCUT2D eigenvalue weighted by Crippen LogP contribution is -2.64. The largest absolute Gasteiger partial charge is 0.399 e. The molecule has 1 saturated heterocycles.